The lowest BCUT2D eigenvalue weighted by Crippen LogP contribution is -1.98. The predicted octanol–water partition coefficient (Wildman–Crippen LogP) is 5.13. The third kappa shape index (κ3) is 5.26. The fourth-order valence-electron chi connectivity index (χ4n) is 2.18. The first kappa shape index (κ1) is 18.9. The molecule has 0 spiro atoms. The number of hydrogen-bond donors (Lipinski definition) is 1. The highest BCUT2D eigenvalue weighted by Crippen LogP contribution is 2.32. The largest absolute Gasteiger partial charge is 0.506 e. The first-order chi connectivity index (χ1) is 12.0. The van der Waals surface area contributed by atoms with E-state index in [1.807, 2.05) is 0 Å². The summed E-state index contributed by atoms with van der Waals surface area (Å²) in [6, 6.07) is 9.99. The molecule has 0 saturated heterocycles. The zero-order valence-corrected chi connectivity index (χ0v) is 15.0. The van der Waals surface area contributed by atoms with Crippen LogP contribution in [0.1, 0.15) is 35.7 Å². The second-order valence-electron chi connectivity index (χ2n) is 5.47. The molecule has 0 aliphatic heterocycles. The minimum atomic E-state index is -0.147. The molecular formula is C20H21ClO4. The first-order valence-electron chi connectivity index (χ1n) is 8.07. The van der Waals surface area contributed by atoms with Gasteiger partial charge in [0.15, 0.2) is 5.78 Å². The molecule has 2 aromatic rings. The molecule has 0 atom stereocenters. The number of ether oxygens (including phenoxy) is 2. The van der Waals surface area contributed by atoms with Crippen molar-refractivity contribution in [3.63, 3.8) is 0 Å². The summed E-state index contributed by atoms with van der Waals surface area (Å²) in [5, 5.41) is 9.80. The van der Waals surface area contributed by atoms with Crippen LogP contribution in [0.2, 0.25) is 5.02 Å². The highest BCUT2D eigenvalue weighted by Gasteiger charge is 2.08. The summed E-state index contributed by atoms with van der Waals surface area (Å²) in [7, 11) is 1.49. The molecule has 0 aliphatic rings. The van der Waals surface area contributed by atoms with Crippen molar-refractivity contribution in [2.45, 2.75) is 19.8 Å². The average molecular weight is 361 g/mol. The summed E-state index contributed by atoms with van der Waals surface area (Å²) >= 11 is 5.91. The maximum atomic E-state index is 12.3. The van der Waals surface area contributed by atoms with Gasteiger partial charge in [-0.05, 0) is 48.9 Å². The Bertz CT molecular complexity index is 751. The first-order valence-corrected chi connectivity index (χ1v) is 8.44. The Balaban J connectivity index is 2.09. The number of phenolic OH excluding ortho intramolecular Hbond substituents is 1. The third-order valence-corrected chi connectivity index (χ3v) is 3.92. The van der Waals surface area contributed by atoms with E-state index in [9.17, 15) is 9.90 Å². The number of rotatable bonds is 8. The summed E-state index contributed by atoms with van der Waals surface area (Å²) in [5.74, 6) is 0.971. The van der Waals surface area contributed by atoms with E-state index in [1.54, 1.807) is 36.4 Å². The van der Waals surface area contributed by atoms with Crippen molar-refractivity contribution in [1.29, 1.82) is 0 Å². The highest BCUT2D eigenvalue weighted by molar-refractivity contribution is 6.32. The van der Waals surface area contributed by atoms with Gasteiger partial charge in [0.2, 0.25) is 0 Å². The molecule has 1 N–H and O–H groups in total. The van der Waals surface area contributed by atoms with Crippen molar-refractivity contribution in [3.05, 3.63) is 58.6 Å². The predicted molar refractivity (Wildman–Crippen MR) is 99.9 cm³/mol. The number of ketones is 1. The van der Waals surface area contributed by atoms with Crippen LogP contribution in [0.15, 0.2) is 42.5 Å². The Morgan fingerprint density at radius 2 is 1.96 bits per heavy atom. The Labute approximate surface area is 152 Å². The van der Waals surface area contributed by atoms with E-state index in [0.29, 0.717) is 23.5 Å². The molecule has 0 fully saturated rings. The SMILES string of the molecule is CCCCOc1ccc(C(=O)/C=C/c2cc(Cl)c(O)cc2OC)cc1. The normalized spacial score (nSPS) is 10.8. The van der Waals surface area contributed by atoms with Gasteiger partial charge in [0.1, 0.15) is 17.2 Å². The lowest BCUT2D eigenvalue weighted by molar-refractivity contribution is 0.104. The van der Waals surface area contributed by atoms with E-state index in [4.69, 9.17) is 21.1 Å². The number of halogens is 1. The fraction of sp³-hybridized carbons (Fsp3) is 0.250. The lowest BCUT2D eigenvalue weighted by Gasteiger charge is -2.07. The van der Waals surface area contributed by atoms with Crippen LogP contribution in [0.3, 0.4) is 0 Å². The number of carbonyl (C=O) groups is 1. The highest BCUT2D eigenvalue weighted by atomic mass is 35.5. The molecular weight excluding hydrogens is 340 g/mol. The summed E-state index contributed by atoms with van der Waals surface area (Å²) < 4.78 is 10.8. The number of hydrogen-bond acceptors (Lipinski definition) is 4. The van der Waals surface area contributed by atoms with E-state index in [2.05, 4.69) is 6.92 Å². The van der Waals surface area contributed by atoms with Gasteiger partial charge >= 0.3 is 0 Å². The molecule has 0 bridgehead atoms. The molecule has 0 unspecified atom stereocenters. The van der Waals surface area contributed by atoms with Gasteiger partial charge in [-0.1, -0.05) is 24.9 Å². The minimum Gasteiger partial charge on any atom is -0.506 e. The summed E-state index contributed by atoms with van der Waals surface area (Å²) in [5.41, 5.74) is 1.17. The number of aromatic hydroxyl groups is 1. The van der Waals surface area contributed by atoms with Gasteiger partial charge in [0, 0.05) is 17.2 Å². The molecule has 2 rings (SSSR count). The van der Waals surface area contributed by atoms with Crippen LogP contribution in [0.5, 0.6) is 17.2 Å². The second-order valence-corrected chi connectivity index (χ2v) is 5.88. The zero-order valence-electron chi connectivity index (χ0n) is 14.3. The van der Waals surface area contributed by atoms with Crippen molar-refractivity contribution in [1.82, 2.24) is 0 Å². The van der Waals surface area contributed by atoms with Crippen LogP contribution in [-0.2, 0) is 0 Å². The number of unbranched alkanes of at least 4 members (excludes halogenated alkanes) is 1. The van der Waals surface area contributed by atoms with Crippen molar-refractivity contribution < 1.29 is 19.4 Å². The van der Waals surface area contributed by atoms with Crippen molar-refractivity contribution in [2.75, 3.05) is 13.7 Å². The Kier molecular flexibility index (Phi) is 6.90. The average Bonchev–Trinajstić information content (AvgIpc) is 2.62. The van der Waals surface area contributed by atoms with Gasteiger partial charge in [-0.2, -0.15) is 0 Å². The van der Waals surface area contributed by atoms with E-state index in [-0.39, 0.29) is 16.6 Å². The molecule has 25 heavy (non-hydrogen) atoms. The molecule has 5 heteroatoms. The van der Waals surface area contributed by atoms with Gasteiger partial charge < -0.3 is 14.6 Å². The van der Waals surface area contributed by atoms with Crippen LogP contribution in [0, 0.1) is 0 Å². The van der Waals surface area contributed by atoms with Crippen molar-refractivity contribution in [2.24, 2.45) is 0 Å². The van der Waals surface area contributed by atoms with E-state index in [1.165, 1.54) is 19.3 Å². The van der Waals surface area contributed by atoms with Crippen molar-refractivity contribution >= 4 is 23.5 Å². The van der Waals surface area contributed by atoms with Gasteiger partial charge in [0.25, 0.3) is 0 Å². The van der Waals surface area contributed by atoms with E-state index in [0.717, 1.165) is 18.6 Å². The number of methoxy groups -OCH3 is 1. The molecule has 0 aromatic heterocycles. The standard InChI is InChI=1S/C20H21ClO4/c1-3-4-11-25-16-8-5-14(6-9-16)18(22)10-7-15-12-17(21)19(23)13-20(15)24-2/h5-10,12-13,23H,3-4,11H2,1-2H3/b10-7+. The van der Waals surface area contributed by atoms with Crippen LogP contribution in [-0.4, -0.2) is 24.6 Å². The van der Waals surface area contributed by atoms with Crippen LogP contribution >= 0.6 is 11.6 Å². The summed E-state index contributed by atoms with van der Waals surface area (Å²) in [6.45, 7) is 2.78. The molecule has 0 heterocycles. The monoisotopic (exact) mass is 360 g/mol. The van der Waals surface area contributed by atoms with Crippen LogP contribution < -0.4 is 9.47 Å². The Morgan fingerprint density at radius 3 is 2.60 bits per heavy atom. The summed E-state index contributed by atoms with van der Waals surface area (Å²) in [4.78, 5) is 12.3. The smallest absolute Gasteiger partial charge is 0.185 e. The van der Waals surface area contributed by atoms with Crippen LogP contribution in [0.25, 0.3) is 6.08 Å². The summed E-state index contributed by atoms with van der Waals surface area (Å²) in [6.07, 6.45) is 5.13. The van der Waals surface area contributed by atoms with Gasteiger partial charge in [-0.15, -0.1) is 0 Å². The lowest BCUT2D eigenvalue weighted by atomic mass is 10.1. The number of phenols is 1. The second kappa shape index (κ2) is 9.14. The number of carbonyl (C=O) groups excluding carboxylic acids is 1. The minimum absolute atomic E-state index is 0.0688. The third-order valence-electron chi connectivity index (χ3n) is 3.62. The quantitative estimate of drug-likeness (QED) is 0.403. The fourth-order valence-corrected chi connectivity index (χ4v) is 2.35. The van der Waals surface area contributed by atoms with Gasteiger partial charge in [-0.25, -0.2) is 0 Å². The van der Waals surface area contributed by atoms with Crippen LogP contribution in [0.4, 0.5) is 0 Å². The topological polar surface area (TPSA) is 55.8 Å². The Hall–Kier alpha value is -2.46. The van der Waals surface area contributed by atoms with Crippen molar-refractivity contribution in [3.8, 4) is 17.2 Å². The number of allylic oxidation sites excluding steroid dienone is 1. The molecule has 0 saturated carbocycles. The van der Waals surface area contributed by atoms with Gasteiger partial charge in [-0.3, -0.25) is 4.79 Å². The molecule has 4 nitrogen and oxygen atoms in total. The molecule has 2 aromatic carbocycles. The van der Waals surface area contributed by atoms with E-state index < -0.39 is 0 Å². The number of benzene rings is 2. The molecule has 0 aliphatic carbocycles. The molecule has 0 amide bonds. The molecule has 0 radical (unpaired) electrons. The zero-order chi connectivity index (χ0) is 18.2. The Morgan fingerprint density at radius 1 is 1.24 bits per heavy atom. The molecule has 132 valence electrons. The maximum absolute atomic E-state index is 12.3. The van der Waals surface area contributed by atoms with E-state index >= 15 is 0 Å². The van der Waals surface area contributed by atoms with Gasteiger partial charge in [0.05, 0.1) is 18.7 Å². The maximum Gasteiger partial charge on any atom is 0.185 e.